The van der Waals surface area contributed by atoms with Crippen LogP contribution in [0.2, 0.25) is 5.02 Å². The summed E-state index contributed by atoms with van der Waals surface area (Å²) >= 11 is 5.93. The van der Waals surface area contributed by atoms with E-state index in [0.29, 0.717) is 23.4 Å². The first-order chi connectivity index (χ1) is 16.3. The lowest BCUT2D eigenvalue weighted by atomic mass is 9.97. The van der Waals surface area contributed by atoms with Gasteiger partial charge in [-0.3, -0.25) is 4.31 Å². The topological polar surface area (TPSA) is 50.5 Å². The van der Waals surface area contributed by atoms with Crippen molar-refractivity contribution >= 4 is 27.3 Å². The summed E-state index contributed by atoms with van der Waals surface area (Å²) in [6, 6.07) is 18.5. The second-order valence-corrected chi connectivity index (χ2v) is 10.1. The van der Waals surface area contributed by atoms with Gasteiger partial charge in [-0.15, -0.1) is 0 Å². The number of furan rings is 1. The van der Waals surface area contributed by atoms with Crippen molar-refractivity contribution in [1.29, 1.82) is 0 Å². The van der Waals surface area contributed by atoms with Gasteiger partial charge in [-0.2, -0.15) is 0 Å². The Balaban J connectivity index is 1.81. The molecule has 0 spiro atoms. The second kappa shape index (κ2) is 9.99. The Morgan fingerprint density at radius 1 is 0.941 bits per heavy atom. The first-order valence-electron chi connectivity index (χ1n) is 10.6. The molecule has 0 aliphatic carbocycles. The van der Waals surface area contributed by atoms with E-state index in [1.807, 2.05) is 18.2 Å². The van der Waals surface area contributed by atoms with Gasteiger partial charge >= 0.3 is 0 Å². The van der Waals surface area contributed by atoms with Crippen LogP contribution < -0.4 is 4.31 Å². The maximum absolute atomic E-state index is 14.9. The van der Waals surface area contributed by atoms with E-state index in [4.69, 9.17) is 16.0 Å². The van der Waals surface area contributed by atoms with Gasteiger partial charge in [0, 0.05) is 17.5 Å². The predicted octanol–water partition coefficient (Wildman–Crippen LogP) is 6.95. The summed E-state index contributed by atoms with van der Waals surface area (Å²) in [4.78, 5) is -0.0829. The number of sulfonamides is 1. The summed E-state index contributed by atoms with van der Waals surface area (Å²) in [5.41, 5.74) is 1.18. The standard InChI is InChI=1S/C26H22ClF2NO3S/c1-18(24-7-3-2-5-19(24)8-12-22-6-4-16-33-22)30(26-17-21(28)11-15-25(26)29)34(31,32)23-13-9-20(27)10-14-23/h2-7,9-11,13-18H,8,12H2,1H3/t18-/m1/s1. The zero-order valence-corrected chi connectivity index (χ0v) is 19.9. The van der Waals surface area contributed by atoms with Crippen LogP contribution in [0.1, 0.15) is 29.9 Å². The SMILES string of the molecule is C[C@H](c1ccccc1CCc1ccco1)N(c1cc(F)ccc1F)S(=O)(=O)c1ccc(Cl)cc1. The zero-order chi connectivity index (χ0) is 24.3. The summed E-state index contributed by atoms with van der Waals surface area (Å²) < 4.78 is 63.0. The molecule has 3 aromatic carbocycles. The normalized spacial score (nSPS) is 12.5. The van der Waals surface area contributed by atoms with Crippen molar-refractivity contribution in [1.82, 2.24) is 0 Å². The molecule has 0 bridgehead atoms. The van der Waals surface area contributed by atoms with Gasteiger partial charge in [0.25, 0.3) is 10.0 Å². The van der Waals surface area contributed by atoms with E-state index >= 15 is 0 Å². The highest BCUT2D eigenvalue weighted by Gasteiger charge is 2.33. The molecule has 4 nitrogen and oxygen atoms in total. The van der Waals surface area contributed by atoms with Gasteiger partial charge in [-0.1, -0.05) is 35.9 Å². The first-order valence-corrected chi connectivity index (χ1v) is 12.4. The van der Waals surface area contributed by atoms with Gasteiger partial charge < -0.3 is 4.42 Å². The van der Waals surface area contributed by atoms with E-state index in [9.17, 15) is 17.2 Å². The van der Waals surface area contributed by atoms with Crippen LogP contribution in [0.15, 0.2) is 94.4 Å². The smallest absolute Gasteiger partial charge is 0.264 e. The summed E-state index contributed by atoms with van der Waals surface area (Å²) in [5, 5.41) is 0.360. The minimum Gasteiger partial charge on any atom is -0.469 e. The van der Waals surface area contributed by atoms with Crippen LogP contribution >= 0.6 is 11.6 Å². The molecule has 1 atom stereocenters. The maximum Gasteiger partial charge on any atom is 0.264 e. The summed E-state index contributed by atoms with van der Waals surface area (Å²) in [5.74, 6) is -0.797. The molecule has 0 radical (unpaired) electrons. The minimum atomic E-state index is -4.28. The summed E-state index contributed by atoms with van der Waals surface area (Å²) in [6.07, 6.45) is 2.78. The largest absolute Gasteiger partial charge is 0.469 e. The monoisotopic (exact) mass is 501 g/mol. The van der Waals surface area contributed by atoms with Crippen LogP contribution in [0.25, 0.3) is 0 Å². The van der Waals surface area contributed by atoms with E-state index in [0.717, 1.165) is 33.8 Å². The van der Waals surface area contributed by atoms with Gasteiger partial charge in [-0.25, -0.2) is 17.2 Å². The quantitative estimate of drug-likeness (QED) is 0.262. The molecule has 0 fully saturated rings. The Kier molecular flexibility index (Phi) is 7.05. The Morgan fingerprint density at radius 3 is 2.38 bits per heavy atom. The van der Waals surface area contributed by atoms with Gasteiger partial charge in [-0.05, 0) is 73.0 Å². The highest BCUT2D eigenvalue weighted by atomic mass is 35.5. The van der Waals surface area contributed by atoms with Crippen LogP contribution in [0, 0.1) is 11.6 Å². The fourth-order valence-corrected chi connectivity index (χ4v) is 5.69. The van der Waals surface area contributed by atoms with Gasteiger partial charge in [0.1, 0.15) is 17.4 Å². The van der Waals surface area contributed by atoms with Crippen molar-refractivity contribution < 1.29 is 21.6 Å². The molecule has 0 aliphatic rings. The Hall–Kier alpha value is -3.16. The molecule has 0 unspecified atom stereocenters. The van der Waals surface area contributed by atoms with Crippen molar-refractivity contribution in [3.05, 3.63) is 119 Å². The average Bonchev–Trinajstić information content (AvgIpc) is 3.34. The van der Waals surface area contributed by atoms with E-state index in [2.05, 4.69) is 0 Å². The number of benzene rings is 3. The molecule has 0 aliphatic heterocycles. The molecule has 0 N–H and O–H groups in total. The van der Waals surface area contributed by atoms with Gasteiger partial charge in [0.2, 0.25) is 0 Å². The van der Waals surface area contributed by atoms with Crippen molar-refractivity contribution in [2.75, 3.05) is 4.31 Å². The highest BCUT2D eigenvalue weighted by Crippen LogP contribution is 2.37. The molecule has 176 valence electrons. The molecule has 0 amide bonds. The van der Waals surface area contributed by atoms with E-state index in [1.54, 1.807) is 31.4 Å². The van der Waals surface area contributed by atoms with Crippen LogP contribution in [0.3, 0.4) is 0 Å². The second-order valence-electron chi connectivity index (χ2n) is 7.80. The summed E-state index contributed by atoms with van der Waals surface area (Å²) in [6.45, 7) is 1.66. The van der Waals surface area contributed by atoms with Gasteiger partial charge in [0.05, 0.1) is 22.9 Å². The van der Waals surface area contributed by atoms with Crippen LogP contribution in [0.4, 0.5) is 14.5 Å². The molecule has 0 saturated carbocycles. The Morgan fingerprint density at radius 2 is 1.68 bits per heavy atom. The number of hydrogen-bond donors (Lipinski definition) is 0. The molecule has 8 heteroatoms. The fraction of sp³-hybridized carbons (Fsp3) is 0.154. The third-order valence-corrected chi connectivity index (χ3v) is 7.74. The van der Waals surface area contributed by atoms with Crippen molar-refractivity contribution in [3.63, 3.8) is 0 Å². The average molecular weight is 502 g/mol. The van der Waals surface area contributed by atoms with Gasteiger partial charge in [0.15, 0.2) is 0 Å². The lowest BCUT2D eigenvalue weighted by Gasteiger charge is -2.32. The van der Waals surface area contributed by atoms with E-state index in [-0.39, 0.29) is 10.6 Å². The Labute approximate surface area is 202 Å². The number of nitrogens with zero attached hydrogens (tertiary/aromatic N) is 1. The molecule has 4 rings (SSSR count). The van der Waals surface area contributed by atoms with Crippen molar-refractivity contribution in [3.8, 4) is 0 Å². The molecular formula is C26H22ClF2NO3S. The lowest BCUT2D eigenvalue weighted by molar-refractivity contribution is 0.508. The van der Waals surface area contributed by atoms with Crippen molar-refractivity contribution in [2.45, 2.75) is 30.7 Å². The molecule has 4 aromatic rings. The maximum atomic E-state index is 14.9. The number of aryl methyl sites for hydroxylation is 2. The lowest BCUT2D eigenvalue weighted by Crippen LogP contribution is -2.35. The minimum absolute atomic E-state index is 0.0829. The van der Waals surface area contributed by atoms with E-state index < -0.39 is 27.7 Å². The van der Waals surface area contributed by atoms with Crippen LogP contribution in [0.5, 0.6) is 0 Å². The third-order valence-electron chi connectivity index (χ3n) is 5.59. The molecule has 1 aromatic heterocycles. The fourth-order valence-electron chi connectivity index (χ4n) is 3.93. The Bertz CT molecular complexity index is 1370. The number of halogens is 3. The molecule has 34 heavy (non-hydrogen) atoms. The molecule has 1 heterocycles. The number of rotatable bonds is 8. The first kappa shape index (κ1) is 24.0. The predicted molar refractivity (Wildman–Crippen MR) is 128 cm³/mol. The third kappa shape index (κ3) is 5.00. The molecule has 0 saturated heterocycles. The van der Waals surface area contributed by atoms with Crippen LogP contribution in [-0.4, -0.2) is 8.42 Å². The number of anilines is 1. The van der Waals surface area contributed by atoms with Crippen LogP contribution in [-0.2, 0) is 22.9 Å². The summed E-state index contributed by atoms with van der Waals surface area (Å²) in [7, 11) is -4.28. The number of hydrogen-bond acceptors (Lipinski definition) is 3. The van der Waals surface area contributed by atoms with Crippen molar-refractivity contribution in [2.24, 2.45) is 0 Å². The zero-order valence-electron chi connectivity index (χ0n) is 18.3. The van der Waals surface area contributed by atoms with E-state index in [1.165, 1.54) is 24.3 Å². The highest BCUT2D eigenvalue weighted by molar-refractivity contribution is 7.92. The molecular weight excluding hydrogens is 480 g/mol.